The van der Waals surface area contributed by atoms with E-state index in [-0.39, 0.29) is 4.90 Å². The largest absolute Gasteiger partial charge is 0.273 e. The molecule has 3 aromatic carbocycles. The molecule has 3 aromatic rings. The Labute approximate surface area is 173 Å². The number of nitrogens with zero attached hydrogens (tertiary/aromatic N) is 1. The van der Waals surface area contributed by atoms with Crippen LogP contribution in [0.25, 0.3) is 0 Å². The van der Waals surface area contributed by atoms with E-state index in [4.69, 9.17) is 0 Å². The number of carbonyl (C=O) groups is 1. The first-order valence-electron chi connectivity index (χ1n) is 8.29. The SMILES string of the molecule is Cc1cccc(N(C(=O)c2ccccc2I)S(=O)(=O)c2ccccc2)c1C. The van der Waals surface area contributed by atoms with E-state index in [1.807, 2.05) is 48.6 Å². The molecule has 0 unspecified atom stereocenters. The minimum absolute atomic E-state index is 0.0743. The fourth-order valence-corrected chi connectivity index (χ4v) is 4.85. The van der Waals surface area contributed by atoms with Gasteiger partial charge in [0.15, 0.2) is 0 Å². The van der Waals surface area contributed by atoms with Gasteiger partial charge in [0.1, 0.15) is 0 Å². The molecule has 0 fully saturated rings. The van der Waals surface area contributed by atoms with Crippen LogP contribution in [-0.2, 0) is 10.0 Å². The molecular weight excluding hydrogens is 473 g/mol. The first kappa shape index (κ1) is 19.6. The van der Waals surface area contributed by atoms with E-state index < -0.39 is 15.9 Å². The van der Waals surface area contributed by atoms with E-state index >= 15 is 0 Å². The van der Waals surface area contributed by atoms with Crippen molar-refractivity contribution in [1.29, 1.82) is 0 Å². The third-order valence-electron chi connectivity index (χ3n) is 4.36. The number of hydrogen-bond acceptors (Lipinski definition) is 3. The van der Waals surface area contributed by atoms with Crippen molar-refractivity contribution >= 4 is 44.2 Å². The lowest BCUT2D eigenvalue weighted by Gasteiger charge is -2.25. The minimum Gasteiger partial charge on any atom is -0.268 e. The van der Waals surface area contributed by atoms with Crippen molar-refractivity contribution in [3.8, 4) is 0 Å². The van der Waals surface area contributed by atoms with Crippen LogP contribution in [0.5, 0.6) is 0 Å². The van der Waals surface area contributed by atoms with Crippen molar-refractivity contribution in [2.45, 2.75) is 18.7 Å². The predicted molar refractivity (Wildman–Crippen MR) is 116 cm³/mol. The Hall–Kier alpha value is -2.19. The van der Waals surface area contributed by atoms with Gasteiger partial charge < -0.3 is 0 Å². The number of amides is 1. The molecule has 0 saturated heterocycles. The molecule has 0 spiro atoms. The molecule has 6 heteroatoms. The summed E-state index contributed by atoms with van der Waals surface area (Å²) >= 11 is 2.04. The normalized spacial score (nSPS) is 11.2. The highest BCUT2D eigenvalue weighted by Crippen LogP contribution is 2.31. The Bertz CT molecular complexity index is 1100. The molecule has 0 heterocycles. The van der Waals surface area contributed by atoms with Crippen molar-refractivity contribution < 1.29 is 13.2 Å². The number of aryl methyl sites for hydroxylation is 1. The van der Waals surface area contributed by atoms with Gasteiger partial charge in [0, 0.05) is 3.57 Å². The molecule has 0 saturated carbocycles. The molecule has 27 heavy (non-hydrogen) atoms. The molecule has 0 aliphatic carbocycles. The number of carbonyl (C=O) groups excluding carboxylic acids is 1. The van der Waals surface area contributed by atoms with E-state index in [1.54, 1.807) is 48.5 Å². The lowest BCUT2D eigenvalue weighted by atomic mass is 10.1. The zero-order valence-electron chi connectivity index (χ0n) is 14.9. The van der Waals surface area contributed by atoms with Crippen LogP contribution in [0.1, 0.15) is 21.5 Å². The Morgan fingerprint density at radius 3 is 2.15 bits per heavy atom. The number of sulfonamides is 1. The van der Waals surface area contributed by atoms with Crippen LogP contribution >= 0.6 is 22.6 Å². The molecule has 0 radical (unpaired) electrons. The number of rotatable bonds is 4. The summed E-state index contributed by atoms with van der Waals surface area (Å²) in [6.07, 6.45) is 0. The fraction of sp³-hybridized carbons (Fsp3) is 0.0952. The van der Waals surface area contributed by atoms with Gasteiger partial charge in [0.25, 0.3) is 15.9 Å². The maximum absolute atomic E-state index is 13.4. The van der Waals surface area contributed by atoms with Crippen molar-refractivity contribution in [3.05, 3.63) is 93.1 Å². The van der Waals surface area contributed by atoms with E-state index in [0.717, 1.165) is 15.4 Å². The number of halogens is 1. The summed E-state index contributed by atoms with van der Waals surface area (Å²) in [5.41, 5.74) is 2.37. The number of anilines is 1. The first-order chi connectivity index (χ1) is 12.8. The van der Waals surface area contributed by atoms with Gasteiger partial charge in [0.05, 0.1) is 16.1 Å². The highest BCUT2D eigenvalue weighted by atomic mass is 127. The van der Waals surface area contributed by atoms with E-state index in [1.165, 1.54) is 12.1 Å². The molecule has 1 amide bonds. The van der Waals surface area contributed by atoms with Crippen molar-refractivity contribution in [2.75, 3.05) is 4.31 Å². The number of benzene rings is 3. The second-order valence-electron chi connectivity index (χ2n) is 6.09. The molecule has 3 rings (SSSR count). The standard InChI is InChI=1S/C21H18INO3S/c1-15-9-8-14-20(16(15)2)23(21(24)18-12-6-7-13-19(18)22)27(25,26)17-10-4-3-5-11-17/h3-14H,1-2H3. The number of hydrogen-bond donors (Lipinski definition) is 0. The Balaban J connectivity index is 2.26. The molecule has 0 aliphatic heterocycles. The van der Waals surface area contributed by atoms with Gasteiger partial charge in [-0.05, 0) is 77.9 Å². The zero-order chi connectivity index (χ0) is 19.6. The maximum Gasteiger partial charge on any atom is 0.273 e. The Kier molecular flexibility index (Phi) is 5.67. The molecule has 4 nitrogen and oxygen atoms in total. The Morgan fingerprint density at radius 2 is 1.48 bits per heavy atom. The van der Waals surface area contributed by atoms with Gasteiger partial charge in [-0.2, -0.15) is 4.31 Å². The van der Waals surface area contributed by atoms with Crippen LogP contribution in [0.3, 0.4) is 0 Å². The third kappa shape index (κ3) is 3.77. The maximum atomic E-state index is 13.4. The lowest BCUT2D eigenvalue weighted by molar-refractivity contribution is 0.100. The van der Waals surface area contributed by atoms with Crippen LogP contribution in [0.2, 0.25) is 0 Å². The van der Waals surface area contributed by atoms with Crippen LogP contribution in [-0.4, -0.2) is 14.3 Å². The zero-order valence-corrected chi connectivity index (χ0v) is 17.9. The molecule has 0 atom stereocenters. The van der Waals surface area contributed by atoms with Gasteiger partial charge in [-0.3, -0.25) is 4.79 Å². The molecule has 0 aliphatic rings. The molecule has 138 valence electrons. The van der Waals surface area contributed by atoms with Crippen LogP contribution < -0.4 is 4.31 Å². The van der Waals surface area contributed by atoms with Crippen LogP contribution in [0.15, 0.2) is 77.7 Å². The molecule has 0 N–H and O–H groups in total. The average Bonchev–Trinajstić information content (AvgIpc) is 2.66. The van der Waals surface area contributed by atoms with E-state index in [0.29, 0.717) is 14.8 Å². The smallest absolute Gasteiger partial charge is 0.268 e. The predicted octanol–water partition coefficient (Wildman–Crippen LogP) is 4.94. The molecule has 0 aromatic heterocycles. The summed E-state index contributed by atoms with van der Waals surface area (Å²) < 4.78 is 28.5. The fourth-order valence-electron chi connectivity index (χ4n) is 2.75. The third-order valence-corrected chi connectivity index (χ3v) is 7.02. The van der Waals surface area contributed by atoms with Crippen LogP contribution in [0.4, 0.5) is 5.69 Å². The second kappa shape index (κ2) is 7.82. The van der Waals surface area contributed by atoms with Crippen LogP contribution in [0, 0.1) is 17.4 Å². The van der Waals surface area contributed by atoms with Gasteiger partial charge in [-0.15, -0.1) is 0 Å². The summed E-state index contributed by atoms with van der Waals surface area (Å²) in [7, 11) is -4.08. The topological polar surface area (TPSA) is 54.5 Å². The Morgan fingerprint density at radius 1 is 0.852 bits per heavy atom. The van der Waals surface area contributed by atoms with Crippen molar-refractivity contribution in [1.82, 2.24) is 0 Å². The van der Waals surface area contributed by atoms with Gasteiger partial charge in [-0.1, -0.05) is 42.5 Å². The summed E-state index contributed by atoms with van der Waals surface area (Å²) in [4.78, 5) is 13.5. The summed E-state index contributed by atoms with van der Waals surface area (Å²) in [6, 6.07) is 20.3. The van der Waals surface area contributed by atoms with Gasteiger partial charge in [-0.25, -0.2) is 8.42 Å². The van der Waals surface area contributed by atoms with Crippen molar-refractivity contribution in [2.24, 2.45) is 0 Å². The highest BCUT2D eigenvalue weighted by molar-refractivity contribution is 14.1. The monoisotopic (exact) mass is 491 g/mol. The summed E-state index contributed by atoms with van der Waals surface area (Å²) in [6.45, 7) is 3.71. The summed E-state index contributed by atoms with van der Waals surface area (Å²) in [5.74, 6) is -0.572. The molecular formula is C21H18INO3S. The second-order valence-corrected chi connectivity index (χ2v) is 9.04. The quantitative estimate of drug-likeness (QED) is 0.486. The summed E-state index contributed by atoms with van der Waals surface area (Å²) in [5, 5.41) is 0. The van der Waals surface area contributed by atoms with Gasteiger partial charge in [0.2, 0.25) is 0 Å². The minimum atomic E-state index is -4.08. The van der Waals surface area contributed by atoms with E-state index in [9.17, 15) is 13.2 Å². The average molecular weight is 491 g/mol. The van der Waals surface area contributed by atoms with E-state index in [2.05, 4.69) is 0 Å². The first-order valence-corrected chi connectivity index (χ1v) is 10.8. The lowest BCUT2D eigenvalue weighted by Crippen LogP contribution is -2.38. The van der Waals surface area contributed by atoms with Crippen molar-refractivity contribution in [3.63, 3.8) is 0 Å². The molecule has 0 bridgehead atoms. The highest BCUT2D eigenvalue weighted by Gasteiger charge is 2.33. The van der Waals surface area contributed by atoms with Gasteiger partial charge >= 0.3 is 0 Å².